The third-order valence-electron chi connectivity index (χ3n) is 8.32. The fraction of sp³-hybridized carbons (Fsp3) is 0.676. The molecule has 0 fully saturated rings. The van der Waals surface area contributed by atoms with Crippen molar-refractivity contribution in [3.63, 3.8) is 0 Å². The van der Waals surface area contributed by atoms with Crippen LogP contribution >= 0.6 is 0 Å². The van der Waals surface area contributed by atoms with E-state index in [9.17, 15) is 9.59 Å². The smallest absolute Gasteiger partial charge is 0.337 e. The predicted molar refractivity (Wildman–Crippen MR) is 174 cm³/mol. The third-order valence-corrected chi connectivity index (χ3v) is 8.32. The molecule has 0 saturated heterocycles. The molecule has 1 unspecified atom stereocenters. The van der Waals surface area contributed by atoms with Gasteiger partial charge in [0, 0.05) is 11.4 Å². The second kappa shape index (κ2) is 19.6. The number of carbonyl (C=O) groups excluding carboxylic acids is 2. The summed E-state index contributed by atoms with van der Waals surface area (Å²) in [6, 6.07) is 6.42. The van der Waals surface area contributed by atoms with Crippen LogP contribution in [0.2, 0.25) is 0 Å². The van der Waals surface area contributed by atoms with Gasteiger partial charge in [0.25, 0.3) is 0 Å². The molecule has 1 aromatic carbocycles. The molecule has 1 heterocycles. The lowest BCUT2D eigenvalue weighted by molar-refractivity contribution is -0.143. The molecule has 0 amide bonds. The topological polar surface area (TPSA) is 64.6 Å². The van der Waals surface area contributed by atoms with Crippen LogP contribution in [-0.4, -0.2) is 24.6 Å². The number of rotatable bonds is 20. The number of unbranched alkanes of at least 4 members (excludes halogenated alkanes) is 12. The van der Waals surface area contributed by atoms with Gasteiger partial charge in [0.2, 0.25) is 0 Å². The molecule has 1 aromatic rings. The first kappa shape index (κ1) is 35.6. The van der Waals surface area contributed by atoms with E-state index in [1.165, 1.54) is 82.6 Å². The highest BCUT2D eigenvalue weighted by Crippen LogP contribution is 2.42. The summed E-state index contributed by atoms with van der Waals surface area (Å²) in [5.41, 5.74) is 5.91. The van der Waals surface area contributed by atoms with Gasteiger partial charge in [-0.25, -0.2) is 9.59 Å². The van der Waals surface area contributed by atoms with Crippen molar-refractivity contribution in [3.8, 4) is 0 Å². The Morgan fingerprint density at radius 2 is 1.24 bits per heavy atom. The summed E-state index contributed by atoms with van der Waals surface area (Å²) in [6.07, 6.45) is 18.7. The Balaban J connectivity index is 2.17. The van der Waals surface area contributed by atoms with Crippen LogP contribution in [0.25, 0.3) is 0 Å². The average Bonchev–Trinajstić information content (AvgIpc) is 2.94. The minimum Gasteiger partial charge on any atom is -0.463 e. The molecule has 2 rings (SSSR count). The average molecular weight is 582 g/mol. The van der Waals surface area contributed by atoms with Crippen LogP contribution in [0.3, 0.4) is 0 Å². The number of aryl methyl sites for hydroxylation is 2. The van der Waals surface area contributed by atoms with Crippen molar-refractivity contribution < 1.29 is 19.1 Å². The Hall–Kier alpha value is -2.56. The zero-order chi connectivity index (χ0) is 30.9. The van der Waals surface area contributed by atoms with Gasteiger partial charge >= 0.3 is 11.9 Å². The number of ether oxygens (including phenoxy) is 2. The van der Waals surface area contributed by atoms with E-state index in [2.05, 4.69) is 37.4 Å². The Bertz CT molecular complexity index is 1050. The molecule has 0 spiro atoms. The van der Waals surface area contributed by atoms with E-state index in [-0.39, 0.29) is 24.6 Å². The van der Waals surface area contributed by atoms with Crippen LogP contribution in [0.5, 0.6) is 0 Å². The minimum absolute atomic E-state index is 0.261. The monoisotopic (exact) mass is 581 g/mol. The van der Waals surface area contributed by atoms with Crippen molar-refractivity contribution in [2.75, 3.05) is 6.61 Å². The number of hydrogen-bond donors (Lipinski definition) is 1. The van der Waals surface area contributed by atoms with Gasteiger partial charge in [0.15, 0.2) is 0 Å². The Labute approximate surface area is 256 Å². The molecule has 0 aromatic heterocycles. The normalized spacial score (nSPS) is 15.3. The molecule has 1 aliphatic heterocycles. The summed E-state index contributed by atoms with van der Waals surface area (Å²) >= 11 is 0. The lowest BCUT2D eigenvalue weighted by Gasteiger charge is -2.33. The first-order valence-electron chi connectivity index (χ1n) is 16.9. The van der Waals surface area contributed by atoms with Crippen LogP contribution < -0.4 is 5.32 Å². The van der Waals surface area contributed by atoms with Crippen molar-refractivity contribution >= 4 is 11.9 Å². The molecule has 1 aliphatic rings. The molecule has 0 aliphatic carbocycles. The summed E-state index contributed by atoms with van der Waals surface area (Å²) < 4.78 is 11.3. The minimum atomic E-state index is -0.523. The molecule has 5 heteroatoms. The predicted octanol–water partition coefficient (Wildman–Crippen LogP) is 9.63. The molecule has 0 bridgehead atoms. The van der Waals surface area contributed by atoms with Crippen LogP contribution in [0.4, 0.5) is 0 Å². The molecule has 0 saturated carbocycles. The first-order valence-corrected chi connectivity index (χ1v) is 16.9. The third kappa shape index (κ3) is 10.9. The molecule has 1 atom stereocenters. The summed E-state index contributed by atoms with van der Waals surface area (Å²) in [5, 5.41) is 3.28. The van der Waals surface area contributed by atoms with E-state index in [1.807, 2.05) is 34.6 Å². The lowest BCUT2D eigenvalue weighted by atomic mass is 9.75. The van der Waals surface area contributed by atoms with E-state index < -0.39 is 5.92 Å². The van der Waals surface area contributed by atoms with E-state index in [4.69, 9.17) is 9.47 Å². The van der Waals surface area contributed by atoms with Gasteiger partial charge in [-0.3, -0.25) is 0 Å². The highest BCUT2D eigenvalue weighted by atomic mass is 16.5. The Morgan fingerprint density at radius 1 is 0.738 bits per heavy atom. The summed E-state index contributed by atoms with van der Waals surface area (Å²) in [5.74, 6) is -1.29. The second-order valence-electron chi connectivity index (χ2n) is 12.1. The van der Waals surface area contributed by atoms with Gasteiger partial charge in [-0.2, -0.15) is 0 Å². The van der Waals surface area contributed by atoms with Gasteiger partial charge in [-0.1, -0.05) is 109 Å². The van der Waals surface area contributed by atoms with E-state index >= 15 is 0 Å². The van der Waals surface area contributed by atoms with Crippen molar-refractivity contribution in [1.82, 2.24) is 5.32 Å². The summed E-state index contributed by atoms with van der Waals surface area (Å²) in [4.78, 5) is 26.9. The molecule has 42 heavy (non-hydrogen) atoms. The molecular formula is C37H59NO4. The van der Waals surface area contributed by atoms with Gasteiger partial charge < -0.3 is 14.8 Å². The molecule has 1 N–H and O–H groups in total. The van der Waals surface area contributed by atoms with Crippen LogP contribution in [0.1, 0.15) is 155 Å². The number of carbonyl (C=O) groups is 2. The van der Waals surface area contributed by atoms with Gasteiger partial charge in [-0.15, -0.1) is 0 Å². The zero-order valence-electron chi connectivity index (χ0n) is 27.8. The highest BCUT2D eigenvalue weighted by molar-refractivity contribution is 6.00. The van der Waals surface area contributed by atoms with Crippen molar-refractivity contribution in [2.45, 2.75) is 157 Å². The number of hydrogen-bond acceptors (Lipinski definition) is 5. The molecule has 0 radical (unpaired) electrons. The molecule has 5 nitrogen and oxygen atoms in total. The van der Waals surface area contributed by atoms with E-state index in [0.717, 1.165) is 41.8 Å². The standard InChI is InChI=1S/C37H59NO4/c1-8-11-12-13-14-15-16-17-18-19-20-21-22-24-31-26-23-25-30(9-2)34(31)35-32(36(39)41-10-3)28(6)38-29(7)33(35)37(40)42-27(4)5/h23,25-27,35,38H,8-22,24H2,1-7H3. The number of benzene rings is 1. The van der Waals surface area contributed by atoms with Gasteiger partial charge in [0.05, 0.1) is 29.8 Å². The van der Waals surface area contributed by atoms with Crippen molar-refractivity contribution in [3.05, 3.63) is 57.4 Å². The fourth-order valence-electron chi connectivity index (χ4n) is 6.21. The second-order valence-corrected chi connectivity index (χ2v) is 12.1. The first-order chi connectivity index (χ1) is 20.3. The largest absolute Gasteiger partial charge is 0.463 e. The summed E-state index contributed by atoms with van der Waals surface area (Å²) in [6.45, 7) is 14.0. The lowest BCUT2D eigenvalue weighted by Crippen LogP contribution is -2.34. The molecular weight excluding hydrogens is 522 g/mol. The zero-order valence-corrected chi connectivity index (χ0v) is 27.8. The van der Waals surface area contributed by atoms with Crippen LogP contribution in [0.15, 0.2) is 40.7 Å². The van der Waals surface area contributed by atoms with E-state index in [1.54, 1.807) is 0 Å². The quantitative estimate of drug-likeness (QED) is 0.123. The van der Waals surface area contributed by atoms with Crippen molar-refractivity contribution in [2.24, 2.45) is 0 Å². The molecule has 236 valence electrons. The number of allylic oxidation sites excluding steroid dienone is 2. The number of nitrogens with one attached hydrogen (secondary N) is 1. The van der Waals surface area contributed by atoms with Gasteiger partial charge in [0.1, 0.15) is 0 Å². The van der Waals surface area contributed by atoms with Crippen LogP contribution in [0, 0.1) is 0 Å². The highest BCUT2D eigenvalue weighted by Gasteiger charge is 2.40. The maximum Gasteiger partial charge on any atom is 0.337 e. The summed E-state index contributed by atoms with van der Waals surface area (Å²) in [7, 11) is 0. The maximum absolute atomic E-state index is 13.5. The van der Waals surface area contributed by atoms with Gasteiger partial charge in [-0.05, 0) is 70.6 Å². The Morgan fingerprint density at radius 3 is 1.74 bits per heavy atom. The number of esters is 2. The van der Waals surface area contributed by atoms with E-state index in [0.29, 0.717) is 11.1 Å². The fourth-order valence-corrected chi connectivity index (χ4v) is 6.21. The SMILES string of the molecule is CCCCCCCCCCCCCCCc1cccc(CC)c1C1C(C(=O)OCC)=C(C)NC(C)=C1C(=O)OC(C)C. The Kier molecular flexibility index (Phi) is 16.6. The van der Waals surface area contributed by atoms with Crippen LogP contribution in [-0.2, 0) is 31.9 Å². The maximum atomic E-state index is 13.5. The van der Waals surface area contributed by atoms with Crippen molar-refractivity contribution in [1.29, 1.82) is 0 Å². The number of dihydropyridines is 1.